The first-order chi connectivity index (χ1) is 8.29. The minimum absolute atomic E-state index is 0.00789. The third-order valence-electron chi connectivity index (χ3n) is 3.27. The molecule has 0 aliphatic heterocycles. The van der Waals surface area contributed by atoms with E-state index < -0.39 is 0 Å². The molecule has 0 fully saturated rings. The number of esters is 1. The molecule has 0 saturated heterocycles. The highest BCUT2D eigenvalue weighted by Crippen LogP contribution is 2.36. The summed E-state index contributed by atoms with van der Waals surface area (Å²) in [5, 5.41) is 1.15. The number of hydrogen-bond acceptors (Lipinski definition) is 5. The van der Waals surface area contributed by atoms with Gasteiger partial charge in [0.1, 0.15) is 11.2 Å². The number of thiophene rings is 1. The van der Waals surface area contributed by atoms with Crippen molar-refractivity contribution >= 4 is 27.5 Å². The van der Waals surface area contributed by atoms with E-state index in [9.17, 15) is 4.79 Å². The van der Waals surface area contributed by atoms with Gasteiger partial charge in [0.05, 0.1) is 13.0 Å². The maximum atomic E-state index is 11.5. The molecule has 4 nitrogen and oxygen atoms in total. The Labute approximate surface area is 103 Å². The van der Waals surface area contributed by atoms with Gasteiger partial charge in [-0.3, -0.25) is 4.79 Å². The zero-order chi connectivity index (χ0) is 11.8. The monoisotopic (exact) mass is 248 g/mol. The van der Waals surface area contributed by atoms with E-state index in [-0.39, 0.29) is 11.9 Å². The Bertz CT molecular complexity index is 579. The van der Waals surface area contributed by atoms with Gasteiger partial charge in [-0.05, 0) is 24.8 Å². The van der Waals surface area contributed by atoms with E-state index in [1.807, 2.05) is 6.20 Å². The lowest BCUT2D eigenvalue weighted by Crippen LogP contribution is -2.22. The Kier molecular flexibility index (Phi) is 2.55. The molecule has 0 N–H and O–H groups in total. The zero-order valence-corrected chi connectivity index (χ0v) is 10.3. The van der Waals surface area contributed by atoms with Crippen LogP contribution in [0.1, 0.15) is 16.9 Å². The first-order valence-corrected chi connectivity index (χ1v) is 6.39. The molecular formula is C12H12N2O2S. The summed E-state index contributed by atoms with van der Waals surface area (Å²) in [6.45, 7) is 0. The summed E-state index contributed by atoms with van der Waals surface area (Å²) >= 11 is 1.67. The second-order valence-corrected chi connectivity index (χ2v) is 5.29. The maximum Gasteiger partial charge on any atom is 0.309 e. The van der Waals surface area contributed by atoms with Gasteiger partial charge in [-0.1, -0.05) is 0 Å². The molecule has 0 radical (unpaired) electrons. The molecule has 1 atom stereocenters. The lowest BCUT2D eigenvalue weighted by atomic mass is 9.88. The smallest absolute Gasteiger partial charge is 0.309 e. The molecule has 0 aromatic carbocycles. The summed E-state index contributed by atoms with van der Waals surface area (Å²) in [6.07, 6.45) is 6.00. The lowest BCUT2D eigenvalue weighted by Gasteiger charge is -2.19. The Morgan fingerprint density at radius 1 is 1.59 bits per heavy atom. The van der Waals surface area contributed by atoms with Crippen molar-refractivity contribution < 1.29 is 9.53 Å². The fraction of sp³-hybridized carbons (Fsp3) is 0.417. The van der Waals surface area contributed by atoms with E-state index >= 15 is 0 Å². The molecule has 0 bridgehead atoms. The van der Waals surface area contributed by atoms with Gasteiger partial charge in [0.2, 0.25) is 0 Å². The summed E-state index contributed by atoms with van der Waals surface area (Å²) in [5.74, 6) is -0.0901. The molecule has 0 saturated carbocycles. The second-order valence-electron chi connectivity index (χ2n) is 4.21. The van der Waals surface area contributed by atoms with Crippen LogP contribution in [0.15, 0.2) is 12.5 Å². The van der Waals surface area contributed by atoms with Crippen LogP contribution in [0.4, 0.5) is 0 Å². The number of carbonyl (C=O) groups is 1. The third kappa shape index (κ3) is 1.70. The van der Waals surface area contributed by atoms with E-state index in [2.05, 4.69) is 9.97 Å². The Morgan fingerprint density at radius 3 is 3.29 bits per heavy atom. The maximum absolute atomic E-state index is 11.5. The van der Waals surface area contributed by atoms with Crippen molar-refractivity contribution in [3.05, 3.63) is 23.0 Å². The zero-order valence-electron chi connectivity index (χ0n) is 9.47. The highest BCUT2D eigenvalue weighted by atomic mass is 32.1. The minimum atomic E-state index is -0.0980. The van der Waals surface area contributed by atoms with Gasteiger partial charge in [0, 0.05) is 16.5 Å². The number of ether oxygens (including phenoxy) is 1. The minimum Gasteiger partial charge on any atom is -0.469 e. The van der Waals surface area contributed by atoms with Crippen LogP contribution in [0.2, 0.25) is 0 Å². The fourth-order valence-electron chi connectivity index (χ4n) is 2.39. The number of aryl methyl sites for hydroxylation is 1. The van der Waals surface area contributed by atoms with Crippen LogP contribution in [0.25, 0.3) is 10.2 Å². The Morgan fingerprint density at radius 2 is 2.47 bits per heavy atom. The highest BCUT2D eigenvalue weighted by Gasteiger charge is 2.28. The quantitative estimate of drug-likeness (QED) is 0.724. The average molecular weight is 248 g/mol. The van der Waals surface area contributed by atoms with Gasteiger partial charge in [-0.15, -0.1) is 11.3 Å². The number of hydrogen-bond donors (Lipinski definition) is 0. The van der Waals surface area contributed by atoms with Gasteiger partial charge in [0.15, 0.2) is 0 Å². The fourth-order valence-corrected chi connectivity index (χ4v) is 3.63. The van der Waals surface area contributed by atoms with Crippen molar-refractivity contribution in [2.45, 2.75) is 19.3 Å². The van der Waals surface area contributed by atoms with E-state index in [1.54, 1.807) is 17.7 Å². The summed E-state index contributed by atoms with van der Waals surface area (Å²) < 4.78 is 4.82. The molecule has 3 rings (SSSR count). The summed E-state index contributed by atoms with van der Waals surface area (Å²) in [4.78, 5) is 22.2. The predicted molar refractivity (Wildman–Crippen MR) is 64.9 cm³/mol. The molecule has 1 aliphatic carbocycles. The van der Waals surface area contributed by atoms with Crippen LogP contribution in [0, 0.1) is 5.92 Å². The predicted octanol–water partition coefficient (Wildman–Crippen LogP) is 1.97. The van der Waals surface area contributed by atoms with E-state index in [4.69, 9.17) is 4.74 Å². The average Bonchev–Trinajstić information content (AvgIpc) is 2.75. The molecule has 1 aliphatic rings. The SMILES string of the molecule is COC(=O)C1CCc2c(sc3ncncc23)C1. The molecule has 2 heterocycles. The lowest BCUT2D eigenvalue weighted by molar-refractivity contribution is -0.145. The third-order valence-corrected chi connectivity index (χ3v) is 4.44. The standard InChI is InChI=1S/C12H12N2O2S/c1-16-12(15)7-2-3-8-9-5-13-6-14-11(9)17-10(8)4-7/h5-7H,2-4H2,1H3. The first-order valence-electron chi connectivity index (χ1n) is 5.57. The molecule has 5 heteroatoms. The van der Waals surface area contributed by atoms with Crippen molar-refractivity contribution in [3.8, 4) is 0 Å². The number of fused-ring (bicyclic) bond motifs is 3. The Hall–Kier alpha value is -1.49. The van der Waals surface area contributed by atoms with Crippen molar-refractivity contribution in [3.63, 3.8) is 0 Å². The molecule has 2 aromatic heterocycles. The molecule has 88 valence electrons. The van der Waals surface area contributed by atoms with E-state index in [1.165, 1.54) is 17.6 Å². The molecule has 1 unspecified atom stereocenters. The second kappa shape index (κ2) is 4.07. The number of carbonyl (C=O) groups excluding carboxylic acids is 1. The van der Waals surface area contributed by atoms with Crippen molar-refractivity contribution in [2.24, 2.45) is 5.92 Å². The highest BCUT2D eigenvalue weighted by molar-refractivity contribution is 7.18. The number of methoxy groups -OCH3 is 1. The van der Waals surface area contributed by atoms with Gasteiger partial charge in [-0.25, -0.2) is 9.97 Å². The van der Waals surface area contributed by atoms with Gasteiger partial charge in [0.25, 0.3) is 0 Å². The van der Waals surface area contributed by atoms with Crippen LogP contribution in [-0.2, 0) is 22.4 Å². The van der Waals surface area contributed by atoms with E-state index in [0.717, 1.165) is 29.5 Å². The molecule has 0 amide bonds. The van der Waals surface area contributed by atoms with Gasteiger partial charge < -0.3 is 4.74 Å². The topological polar surface area (TPSA) is 52.1 Å². The molecule has 17 heavy (non-hydrogen) atoms. The first kappa shape index (κ1) is 10.7. The van der Waals surface area contributed by atoms with Crippen molar-refractivity contribution in [1.29, 1.82) is 0 Å². The van der Waals surface area contributed by atoms with Crippen molar-refractivity contribution in [2.75, 3.05) is 7.11 Å². The normalized spacial score (nSPS) is 19.0. The molecule has 2 aromatic rings. The van der Waals surface area contributed by atoms with Gasteiger partial charge in [-0.2, -0.15) is 0 Å². The van der Waals surface area contributed by atoms with E-state index in [0.29, 0.717) is 0 Å². The number of nitrogens with zero attached hydrogens (tertiary/aromatic N) is 2. The Balaban J connectivity index is 2.00. The van der Waals surface area contributed by atoms with Gasteiger partial charge >= 0.3 is 5.97 Å². The molecule has 0 spiro atoms. The summed E-state index contributed by atoms with van der Waals surface area (Å²) in [5.41, 5.74) is 1.32. The summed E-state index contributed by atoms with van der Waals surface area (Å²) in [6, 6.07) is 0. The largest absolute Gasteiger partial charge is 0.469 e. The van der Waals surface area contributed by atoms with Crippen LogP contribution < -0.4 is 0 Å². The summed E-state index contributed by atoms with van der Waals surface area (Å²) in [7, 11) is 1.45. The van der Waals surface area contributed by atoms with Crippen LogP contribution in [-0.4, -0.2) is 23.0 Å². The number of aromatic nitrogens is 2. The number of rotatable bonds is 1. The van der Waals surface area contributed by atoms with Crippen LogP contribution >= 0.6 is 11.3 Å². The van der Waals surface area contributed by atoms with Crippen molar-refractivity contribution in [1.82, 2.24) is 9.97 Å². The van der Waals surface area contributed by atoms with Crippen LogP contribution in [0.3, 0.4) is 0 Å². The van der Waals surface area contributed by atoms with Crippen LogP contribution in [0.5, 0.6) is 0 Å². The molecular weight excluding hydrogens is 236 g/mol.